The van der Waals surface area contributed by atoms with Gasteiger partial charge in [-0.1, -0.05) is 18.5 Å². The first kappa shape index (κ1) is 16.1. The van der Waals surface area contributed by atoms with Crippen LogP contribution in [0.25, 0.3) is 0 Å². The van der Waals surface area contributed by atoms with Gasteiger partial charge in [0.05, 0.1) is 5.02 Å². The van der Waals surface area contributed by atoms with Crippen molar-refractivity contribution < 1.29 is 13.2 Å². The van der Waals surface area contributed by atoms with Gasteiger partial charge in [-0.2, -0.15) is 0 Å². The smallest absolute Gasteiger partial charge is 0.242 e. The molecule has 1 aromatic rings. The van der Waals surface area contributed by atoms with Gasteiger partial charge in [-0.15, -0.1) is 0 Å². The molecule has 0 saturated carbocycles. The predicted octanol–water partition coefficient (Wildman–Crippen LogP) is 0.581. The zero-order chi connectivity index (χ0) is 14.5. The Morgan fingerprint density at radius 1 is 1.58 bits per heavy atom. The van der Waals surface area contributed by atoms with Gasteiger partial charge >= 0.3 is 0 Å². The second-order valence-corrected chi connectivity index (χ2v) is 6.23. The first-order chi connectivity index (χ1) is 8.90. The monoisotopic (exact) mass is 308 g/mol. The normalized spacial score (nSPS) is 13.3. The number of anilines is 1. The van der Waals surface area contributed by atoms with Gasteiger partial charge < -0.3 is 10.2 Å². The molecule has 1 atom stereocenters. The number of nitrogens with two attached hydrogens (primary N) is 1. The summed E-state index contributed by atoms with van der Waals surface area (Å²) in [7, 11) is -2.08. The Hall–Kier alpha value is -0.930. The first-order valence-corrected chi connectivity index (χ1v) is 7.37. The zero-order valence-corrected chi connectivity index (χ0v) is 12.3. The maximum absolute atomic E-state index is 12.0. The van der Waals surface area contributed by atoms with Gasteiger partial charge in [0.25, 0.3) is 0 Å². The largest absolute Gasteiger partial charge is 0.384 e. The molecule has 1 unspecified atom stereocenters. The van der Waals surface area contributed by atoms with Gasteiger partial charge in [0.2, 0.25) is 10.0 Å². The fourth-order valence-electron chi connectivity index (χ4n) is 1.35. The second kappa shape index (κ2) is 7.01. The molecule has 0 aliphatic rings. The number of hydrogen-bond donors (Lipinski definition) is 3. The van der Waals surface area contributed by atoms with E-state index in [9.17, 15) is 8.42 Å². The highest BCUT2D eigenvalue weighted by molar-refractivity contribution is 7.89. The Morgan fingerprint density at radius 2 is 2.26 bits per heavy atom. The average Bonchev–Trinajstić information content (AvgIpc) is 2.37. The molecule has 0 radical (unpaired) electrons. The lowest BCUT2D eigenvalue weighted by Gasteiger charge is -2.12. The van der Waals surface area contributed by atoms with Crippen LogP contribution in [0.4, 0.5) is 5.82 Å². The van der Waals surface area contributed by atoms with E-state index >= 15 is 0 Å². The van der Waals surface area contributed by atoms with Gasteiger partial charge in [-0.3, -0.25) is 0 Å². The van der Waals surface area contributed by atoms with E-state index in [4.69, 9.17) is 22.2 Å². The lowest BCUT2D eigenvalue weighted by Crippen LogP contribution is -2.30. The fourth-order valence-corrected chi connectivity index (χ4v) is 2.77. The molecule has 1 heterocycles. The average molecular weight is 309 g/mol. The summed E-state index contributed by atoms with van der Waals surface area (Å²) < 4.78 is 31.4. The number of hydrogen-bond acceptors (Lipinski definition) is 6. The number of sulfonamides is 1. The van der Waals surface area contributed by atoms with Crippen LogP contribution in [-0.4, -0.2) is 33.7 Å². The van der Waals surface area contributed by atoms with E-state index in [1.807, 2.05) is 6.92 Å². The lowest BCUT2D eigenvalue weighted by atomic mass is 10.2. The van der Waals surface area contributed by atoms with Crippen LogP contribution in [-0.2, 0) is 14.8 Å². The van der Waals surface area contributed by atoms with Gasteiger partial charge in [0.15, 0.2) is 5.82 Å². The lowest BCUT2D eigenvalue weighted by molar-refractivity contribution is 0.161. The molecule has 7 nitrogen and oxygen atoms in total. The van der Waals surface area contributed by atoms with Crippen molar-refractivity contribution in [2.45, 2.75) is 11.8 Å². The van der Waals surface area contributed by atoms with Crippen molar-refractivity contribution in [3.05, 3.63) is 17.3 Å². The van der Waals surface area contributed by atoms with E-state index in [-0.39, 0.29) is 28.2 Å². The predicted molar refractivity (Wildman–Crippen MR) is 73.3 cm³/mol. The van der Waals surface area contributed by atoms with E-state index in [1.54, 1.807) is 7.11 Å². The first-order valence-electron chi connectivity index (χ1n) is 5.51. The van der Waals surface area contributed by atoms with Gasteiger partial charge in [0, 0.05) is 26.5 Å². The molecule has 0 fully saturated rings. The number of halogens is 1. The maximum Gasteiger partial charge on any atom is 0.242 e. The summed E-state index contributed by atoms with van der Waals surface area (Å²) in [6, 6.07) is 1.28. The highest BCUT2D eigenvalue weighted by atomic mass is 35.5. The summed E-state index contributed by atoms with van der Waals surface area (Å²) in [5, 5.41) is 0.135. The summed E-state index contributed by atoms with van der Waals surface area (Å²) in [5.41, 5.74) is 2.27. The quantitative estimate of drug-likeness (QED) is 0.502. The fraction of sp³-hybridized carbons (Fsp3) is 0.500. The molecule has 108 valence electrons. The van der Waals surface area contributed by atoms with E-state index < -0.39 is 10.0 Å². The number of nitrogens with zero attached hydrogens (tertiary/aromatic N) is 1. The zero-order valence-electron chi connectivity index (χ0n) is 10.7. The molecular formula is C10H17ClN4O3S. The minimum absolute atomic E-state index is 0.0129. The number of nitrogens with one attached hydrogen (secondary N) is 2. The number of pyridine rings is 1. The molecular weight excluding hydrogens is 292 g/mol. The van der Waals surface area contributed by atoms with Crippen LogP contribution in [0.15, 0.2) is 17.2 Å². The molecule has 0 aliphatic carbocycles. The van der Waals surface area contributed by atoms with Gasteiger partial charge in [-0.25, -0.2) is 24.0 Å². The van der Waals surface area contributed by atoms with Crippen molar-refractivity contribution >= 4 is 27.4 Å². The molecule has 1 rings (SSSR count). The Balaban J connectivity index is 2.80. The number of rotatable bonds is 7. The van der Waals surface area contributed by atoms with E-state index in [0.29, 0.717) is 6.61 Å². The molecule has 0 bridgehead atoms. The molecule has 0 aliphatic heterocycles. The number of hydrazine groups is 1. The summed E-state index contributed by atoms with van der Waals surface area (Å²) in [6.07, 6.45) is 1.18. The van der Waals surface area contributed by atoms with E-state index in [1.165, 1.54) is 12.3 Å². The third-order valence-electron chi connectivity index (χ3n) is 2.34. The molecule has 4 N–H and O–H groups in total. The minimum Gasteiger partial charge on any atom is -0.384 e. The van der Waals surface area contributed by atoms with Crippen molar-refractivity contribution in [3.8, 4) is 0 Å². The van der Waals surface area contributed by atoms with Gasteiger partial charge in [-0.05, 0) is 12.0 Å². The van der Waals surface area contributed by atoms with Crippen molar-refractivity contribution in [3.63, 3.8) is 0 Å². The van der Waals surface area contributed by atoms with Crippen LogP contribution < -0.4 is 16.0 Å². The Labute approximate surface area is 117 Å². The number of methoxy groups -OCH3 is 1. The summed E-state index contributed by atoms with van der Waals surface area (Å²) in [6.45, 7) is 2.61. The third kappa shape index (κ3) is 4.59. The standard InChI is InChI=1S/C10H17ClN4O3S/c1-7(6-18-2)4-14-19(16,17)8-3-9(11)10(15-12)13-5-8/h3,5,7,14H,4,6,12H2,1-2H3,(H,13,15). The highest BCUT2D eigenvalue weighted by Gasteiger charge is 2.17. The Morgan fingerprint density at radius 3 is 2.79 bits per heavy atom. The van der Waals surface area contributed by atoms with Crippen molar-refractivity contribution in [1.82, 2.24) is 9.71 Å². The maximum atomic E-state index is 12.0. The van der Waals surface area contributed by atoms with E-state index in [2.05, 4.69) is 15.1 Å². The molecule has 19 heavy (non-hydrogen) atoms. The molecule has 9 heteroatoms. The molecule has 0 saturated heterocycles. The van der Waals surface area contributed by atoms with Crippen LogP contribution >= 0.6 is 11.6 Å². The number of nitrogen functional groups attached to an aromatic ring is 1. The SMILES string of the molecule is COCC(C)CNS(=O)(=O)c1cnc(NN)c(Cl)c1. The molecule has 0 spiro atoms. The topological polar surface area (TPSA) is 106 Å². The van der Waals surface area contributed by atoms with Crippen molar-refractivity contribution in [1.29, 1.82) is 0 Å². The number of ether oxygens (including phenoxy) is 1. The Kier molecular flexibility index (Phi) is 5.95. The van der Waals surface area contributed by atoms with Gasteiger partial charge in [0.1, 0.15) is 4.90 Å². The summed E-state index contributed by atoms with van der Waals surface area (Å²) in [4.78, 5) is 3.80. The van der Waals surface area contributed by atoms with Crippen LogP contribution in [0.1, 0.15) is 6.92 Å². The highest BCUT2D eigenvalue weighted by Crippen LogP contribution is 2.21. The van der Waals surface area contributed by atoms with Crippen LogP contribution in [0.2, 0.25) is 5.02 Å². The van der Waals surface area contributed by atoms with E-state index in [0.717, 1.165) is 0 Å². The van der Waals surface area contributed by atoms with Crippen molar-refractivity contribution in [2.75, 3.05) is 25.7 Å². The second-order valence-electron chi connectivity index (χ2n) is 4.06. The third-order valence-corrected chi connectivity index (χ3v) is 4.01. The summed E-state index contributed by atoms with van der Waals surface area (Å²) >= 11 is 5.83. The Bertz CT molecular complexity index is 524. The molecule has 1 aromatic heterocycles. The van der Waals surface area contributed by atoms with Crippen LogP contribution in [0.5, 0.6) is 0 Å². The van der Waals surface area contributed by atoms with Crippen LogP contribution in [0.3, 0.4) is 0 Å². The number of aromatic nitrogens is 1. The molecule has 0 aromatic carbocycles. The summed E-state index contributed by atoms with van der Waals surface area (Å²) in [5.74, 6) is 5.44. The molecule has 0 amide bonds. The minimum atomic E-state index is -3.64. The van der Waals surface area contributed by atoms with Crippen molar-refractivity contribution in [2.24, 2.45) is 11.8 Å². The van der Waals surface area contributed by atoms with Crippen LogP contribution in [0, 0.1) is 5.92 Å².